The highest BCUT2D eigenvalue weighted by molar-refractivity contribution is 5.99. The topological polar surface area (TPSA) is 131 Å². The standard InChI is InChI=1S/C37H45N7O4/c1-42-23-29(22-40-42)28-19-31(36(38)39-21-28)37(46)41-32-3-2-4-34(32)48-24-25-5-7-26(8-6-25)27-9-10-30-33(11-18-47-35(30)20-27)44-14-12-43(13-15-44)16-17-45/h5-10,19-23,32-34,45H,2-4,11-18,24H2,1H3,(H2,38,39)(H,41,46)/t32-,33?,34-/m0/s1. The Morgan fingerprint density at radius 2 is 1.81 bits per heavy atom. The van der Waals surface area contributed by atoms with Gasteiger partial charge in [-0.2, -0.15) is 5.10 Å². The van der Waals surface area contributed by atoms with E-state index >= 15 is 0 Å². The summed E-state index contributed by atoms with van der Waals surface area (Å²) in [6, 6.07) is 17.2. The van der Waals surface area contributed by atoms with Gasteiger partial charge in [0.05, 0.1) is 43.7 Å². The van der Waals surface area contributed by atoms with Gasteiger partial charge in [-0.1, -0.05) is 36.4 Å². The molecule has 1 saturated heterocycles. The molecule has 0 bridgehead atoms. The van der Waals surface area contributed by atoms with Crippen molar-refractivity contribution < 1.29 is 19.4 Å². The first-order valence-corrected chi connectivity index (χ1v) is 17.1. The van der Waals surface area contributed by atoms with Crippen LogP contribution < -0.4 is 15.8 Å². The fraction of sp³-hybridized carbons (Fsp3) is 0.432. The third kappa shape index (κ3) is 7.09. The molecule has 2 aromatic heterocycles. The molecule has 11 heteroatoms. The molecule has 2 aromatic carbocycles. The van der Waals surface area contributed by atoms with Crippen LogP contribution in [0.25, 0.3) is 22.3 Å². The Morgan fingerprint density at radius 3 is 2.58 bits per heavy atom. The number of amides is 1. The third-order valence-electron chi connectivity index (χ3n) is 10.0. The molecule has 1 aliphatic carbocycles. The van der Waals surface area contributed by atoms with Gasteiger partial charge in [-0.25, -0.2) is 4.98 Å². The zero-order valence-electron chi connectivity index (χ0n) is 27.6. The van der Waals surface area contributed by atoms with Crippen molar-refractivity contribution in [2.75, 3.05) is 51.7 Å². The summed E-state index contributed by atoms with van der Waals surface area (Å²) in [6.07, 6.45) is 8.93. The lowest BCUT2D eigenvalue weighted by Gasteiger charge is -2.41. The second-order valence-corrected chi connectivity index (χ2v) is 13.1. The largest absolute Gasteiger partial charge is 0.493 e. The van der Waals surface area contributed by atoms with Crippen LogP contribution in [-0.4, -0.2) is 93.7 Å². The Morgan fingerprint density at radius 1 is 1.00 bits per heavy atom. The van der Waals surface area contributed by atoms with Crippen LogP contribution in [0.1, 0.15) is 53.2 Å². The SMILES string of the molecule is Cn1cc(-c2cnc(N)c(C(=O)N[C@H]3CCC[C@@H]3OCc3ccc(-c4ccc5c(c4)OCCC5N4CCN(CCO)CC4)cc3)c2)cn1. The predicted octanol–water partition coefficient (Wildman–Crippen LogP) is 4.03. The van der Waals surface area contributed by atoms with Crippen LogP contribution in [0.3, 0.4) is 0 Å². The van der Waals surface area contributed by atoms with Gasteiger partial charge in [0.25, 0.3) is 5.91 Å². The average molecular weight is 652 g/mol. The first kappa shape index (κ1) is 32.3. The van der Waals surface area contributed by atoms with E-state index in [0.717, 1.165) is 98.6 Å². The van der Waals surface area contributed by atoms with E-state index in [9.17, 15) is 9.90 Å². The number of aryl methyl sites for hydroxylation is 1. The number of pyridine rings is 1. The fourth-order valence-electron chi connectivity index (χ4n) is 7.29. The normalized spacial score (nSPS) is 21.5. The van der Waals surface area contributed by atoms with E-state index in [1.807, 2.05) is 13.2 Å². The van der Waals surface area contributed by atoms with E-state index in [4.69, 9.17) is 15.2 Å². The van der Waals surface area contributed by atoms with E-state index in [2.05, 4.69) is 67.7 Å². The number of benzene rings is 2. The molecule has 1 amide bonds. The minimum atomic E-state index is -0.239. The first-order valence-electron chi connectivity index (χ1n) is 17.1. The quantitative estimate of drug-likeness (QED) is 0.233. The van der Waals surface area contributed by atoms with Crippen LogP contribution >= 0.6 is 0 Å². The maximum absolute atomic E-state index is 13.3. The van der Waals surface area contributed by atoms with E-state index in [-0.39, 0.29) is 30.5 Å². The minimum absolute atomic E-state index is 0.0762. The number of rotatable bonds is 10. The molecule has 2 aliphatic heterocycles. The van der Waals surface area contributed by atoms with Gasteiger partial charge in [-0.05, 0) is 48.1 Å². The van der Waals surface area contributed by atoms with E-state index in [1.165, 1.54) is 5.56 Å². The highest BCUT2D eigenvalue weighted by Gasteiger charge is 2.31. The summed E-state index contributed by atoms with van der Waals surface area (Å²) < 4.78 is 14.2. The van der Waals surface area contributed by atoms with Gasteiger partial charge in [0.15, 0.2) is 0 Å². The summed E-state index contributed by atoms with van der Waals surface area (Å²) in [5.41, 5.74) is 12.8. The summed E-state index contributed by atoms with van der Waals surface area (Å²) in [7, 11) is 1.85. The molecule has 0 radical (unpaired) electrons. The summed E-state index contributed by atoms with van der Waals surface area (Å²) >= 11 is 0. The third-order valence-corrected chi connectivity index (χ3v) is 10.0. The Hall–Kier alpha value is -4.29. The van der Waals surface area contributed by atoms with Gasteiger partial charge < -0.3 is 25.6 Å². The van der Waals surface area contributed by atoms with Crippen LogP contribution in [-0.2, 0) is 18.4 Å². The zero-order chi connectivity index (χ0) is 33.0. The van der Waals surface area contributed by atoms with E-state index in [1.54, 1.807) is 23.1 Å². The number of fused-ring (bicyclic) bond motifs is 1. The summed E-state index contributed by atoms with van der Waals surface area (Å²) in [5, 5.41) is 16.7. The minimum Gasteiger partial charge on any atom is -0.493 e. The van der Waals surface area contributed by atoms with Gasteiger partial charge in [0.2, 0.25) is 0 Å². The predicted molar refractivity (Wildman–Crippen MR) is 184 cm³/mol. The van der Waals surface area contributed by atoms with Crippen molar-refractivity contribution in [2.24, 2.45) is 7.05 Å². The smallest absolute Gasteiger partial charge is 0.255 e. The van der Waals surface area contributed by atoms with Gasteiger partial charge in [0.1, 0.15) is 11.6 Å². The van der Waals surface area contributed by atoms with Crippen molar-refractivity contribution in [1.29, 1.82) is 0 Å². The maximum Gasteiger partial charge on any atom is 0.255 e. The summed E-state index contributed by atoms with van der Waals surface area (Å²) in [5.74, 6) is 0.940. The Labute approximate surface area is 281 Å². The van der Waals surface area contributed by atoms with Gasteiger partial charge >= 0.3 is 0 Å². The monoisotopic (exact) mass is 651 g/mol. The highest BCUT2D eigenvalue weighted by Crippen LogP contribution is 2.39. The molecule has 3 atom stereocenters. The molecule has 7 rings (SSSR count). The number of aromatic nitrogens is 3. The molecule has 4 N–H and O–H groups in total. The number of carbonyl (C=O) groups is 1. The number of hydrogen-bond donors (Lipinski definition) is 3. The second kappa shape index (κ2) is 14.4. The molecule has 3 aliphatic rings. The van der Waals surface area contributed by atoms with Crippen molar-refractivity contribution in [2.45, 2.75) is 50.5 Å². The molecular formula is C37H45N7O4. The van der Waals surface area contributed by atoms with E-state index in [0.29, 0.717) is 18.2 Å². The summed E-state index contributed by atoms with van der Waals surface area (Å²) in [6.45, 7) is 6.17. The number of aliphatic hydroxyl groups excluding tert-OH is 1. The summed E-state index contributed by atoms with van der Waals surface area (Å²) in [4.78, 5) is 22.5. The number of nitrogen functional groups attached to an aromatic ring is 1. The first-order chi connectivity index (χ1) is 23.4. The number of nitrogens with one attached hydrogen (secondary N) is 1. The van der Waals surface area contributed by atoms with Crippen LogP contribution in [0.15, 0.2) is 67.1 Å². The number of piperazine rings is 1. The lowest BCUT2D eigenvalue weighted by Crippen LogP contribution is -2.48. The van der Waals surface area contributed by atoms with Gasteiger partial charge in [-0.3, -0.25) is 19.3 Å². The number of anilines is 1. The molecule has 4 heterocycles. The molecule has 48 heavy (non-hydrogen) atoms. The zero-order valence-corrected chi connectivity index (χ0v) is 27.6. The van der Waals surface area contributed by atoms with Gasteiger partial charge in [-0.15, -0.1) is 0 Å². The number of aliphatic hydroxyl groups is 1. The molecule has 11 nitrogen and oxygen atoms in total. The molecule has 1 unspecified atom stereocenters. The fourth-order valence-corrected chi connectivity index (χ4v) is 7.29. The molecule has 0 spiro atoms. The molecule has 2 fully saturated rings. The van der Waals surface area contributed by atoms with E-state index < -0.39 is 0 Å². The maximum atomic E-state index is 13.3. The Kier molecular flexibility index (Phi) is 9.71. The average Bonchev–Trinajstić information content (AvgIpc) is 3.76. The number of β-amino-alcohol motifs (C(OH)–C–C–N with tert-alkyl or cyclic N) is 1. The highest BCUT2D eigenvalue weighted by atomic mass is 16.5. The Balaban J connectivity index is 0.950. The molecule has 252 valence electrons. The molecule has 1 saturated carbocycles. The van der Waals surface area contributed by atoms with Crippen molar-refractivity contribution in [3.05, 3.63) is 83.8 Å². The lowest BCUT2D eigenvalue weighted by atomic mass is 9.94. The number of nitrogens with two attached hydrogens (primary N) is 1. The van der Waals surface area contributed by atoms with Crippen LogP contribution in [0.5, 0.6) is 5.75 Å². The lowest BCUT2D eigenvalue weighted by molar-refractivity contribution is 0.0272. The van der Waals surface area contributed by atoms with Crippen molar-refractivity contribution >= 4 is 11.7 Å². The number of hydrogen-bond acceptors (Lipinski definition) is 9. The van der Waals surface area contributed by atoms with Crippen LogP contribution in [0, 0.1) is 0 Å². The molecular weight excluding hydrogens is 606 g/mol. The Bertz CT molecular complexity index is 1720. The van der Waals surface area contributed by atoms with Crippen LogP contribution in [0.4, 0.5) is 5.82 Å². The number of nitrogens with zero attached hydrogens (tertiary/aromatic N) is 5. The number of ether oxygens (including phenoxy) is 2. The van der Waals surface area contributed by atoms with Crippen LogP contribution in [0.2, 0.25) is 0 Å². The number of carbonyl (C=O) groups excluding carboxylic acids is 1. The van der Waals surface area contributed by atoms with Gasteiger partial charge in [0, 0.05) is 81.3 Å². The van der Waals surface area contributed by atoms with Crippen molar-refractivity contribution in [1.82, 2.24) is 29.9 Å². The second-order valence-electron chi connectivity index (χ2n) is 13.1. The van der Waals surface area contributed by atoms with Crippen molar-refractivity contribution in [3.8, 4) is 28.0 Å². The van der Waals surface area contributed by atoms with Crippen molar-refractivity contribution in [3.63, 3.8) is 0 Å². The molecule has 4 aromatic rings.